The van der Waals surface area contributed by atoms with E-state index in [4.69, 9.17) is 0 Å². The topological polar surface area (TPSA) is 0 Å². The monoisotopic (exact) mass is 576 g/mol. The van der Waals surface area contributed by atoms with Gasteiger partial charge in [0.15, 0.2) is 0 Å². The van der Waals surface area contributed by atoms with Crippen molar-refractivity contribution in [2.45, 2.75) is 142 Å². The van der Waals surface area contributed by atoms with Crippen LogP contribution in [0, 0.1) is 17.3 Å². The molecule has 0 aromatic heterocycles. The van der Waals surface area contributed by atoms with Crippen molar-refractivity contribution < 1.29 is 0 Å². The molecular weight excluding hydrogens is 521 g/mol. The number of fused-ring (bicyclic) bond motifs is 6. The van der Waals surface area contributed by atoms with Gasteiger partial charge in [-0.15, -0.1) is 0 Å². The molecule has 0 saturated carbocycles. The van der Waals surface area contributed by atoms with Crippen molar-refractivity contribution in [3.05, 3.63) is 79.9 Å². The zero-order valence-corrected chi connectivity index (χ0v) is 28.7. The summed E-state index contributed by atoms with van der Waals surface area (Å²) in [7, 11) is -1.74. The van der Waals surface area contributed by atoms with E-state index < -0.39 is 8.07 Å². The zero-order chi connectivity index (χ0) is 29.2. The lowest BCUT2D eigenvalue weighted by Gasteiger charge is -2.43. The van der Waals surface area contributed by atoms with Crippen LogP contribution in [-0.4, -0.2) is 8.07 Å². The van der Waals surface area contributed by atoms with E-state index in [1.165, 1.54) is 89.1 Å². The summed E-state index contributed by atoms with van der Waals surface area (Å²) in [6.07, 6.45) is 21.4. The molecule has 4 atom stereocenters. The highest BCUT2D eigenvalue weighted by Crippen LogP contribution is 2.61. The Balaban J connectivity index is 1.32. The number of benzene rings is 2. The van der Waals surface area contributed by atoms with Crippen molar-refractivity contribution in [2.24, 2.45) is 17.3 Å². The highest BCUT2D eigenvalue weighted by molar-refractivity contribution is 6.84. The standard InChI is InChI=1S/C41H56Si/c1-7-14-27(6)32-21-30-15-17-33-36(35(30)24-32)22-28(8-2)39(33)42(19-12-13-20-42)40-29(9-3)23-37-34(40)18-16-31-25-41(10-4,11-5)26-38(31)37/h15-18,22-23,27,32,39-40H,7-14,19-21,24-26H2,1-6H3. The van der Waals surface area contributed by atoms with Gasteiger partial charge in [0.2, 0.25) is 0 Å². The minimum Gasteiger partial charge on any atom is -0.0654 e. The molecule has 0 spiro atoms. The molecule has 42 heavy (non-hydrogen) atoms. The van der Waals surface area contributed by atoms with Crippen molar-refractivity contribution in [3.8, 4) is 0 Å². The fourth-order valence-corrected chi connectivity index (χ4v) is 18.4. The Labute approximate surface area is 258 Å². The van der Waals surface area contributed by atoms with E-state index in [0.717, 1.165) is 22.9 Å². The summed E-state index contributed by atoms with van der Waals surface area (Å²) < 4.78 is 0. The lowest BCUT2D eigenvalue weighted by atomic mass is 9.79. The molecular formula is C41H56Si. The van der Waals surface area contributed by atoms with Gasteiger partial charge in [0.25, 0.3) is 0 Å². The molecule has 1 heterocycles. The molecule has 0 bridgehead atoms. The van der Waals surface area contributed by atoms with E-state index in [2.05, 4.69) is 78.0 Å². The Hall–Kier alpha value is -1.86. The first-order chi connectivity index (χ1) is 20.4. The predicted octanol–water partition coefficient (Wildman–Crippen LogP) is 11.5. The third-order valence-corrected chi connectivity index (χ3v) is 19.8. The molecule has 2 aromatic carbocycles. The number of rotatable bonds is 9. The Morgan fingerprint density at radius 3 is 1.90 bits per heavy atom. The number of hydrogen-bond acceptors (Lipinski definition) is 0. The van der Waals surface area contributed by atoms with Crippen molar-refractivity contribution >= 4 is 20.2 Å². The van der Waals surface area contributed by atoms with Crippen molar-refractivity contribution in [1.29, 1.82) is 0 Å². The Morgan fingerprint density at radius 1 is 0.738 bits per heavy atom. The lowest BCUT2D eigenvalue weighted by Crippen LogP contribution is -2.46. The summed E-state index contributed by atoms with van der Waals surface area (Å²) in [4.78, 5) is 0. The van der Waals surface area contributed by atoms with Gasteiger partial charge < -0.3 is 0 Å². The van der Waals surface area contributed by atoms with E-state index >= 15 is 0 Å². The van der Waals surface area contributed by atoms with Gasteiger partial charge >= 0.3 is 0 Å². The summed E-state index contributed by atoms with van der Waals surface area (Å²) in [5, 5.41) is 0. The first-order valence-electron chi connectivity index (χ1n) is 18.1. The van der Waals surface area contributed by atoms with E-state index in [0.29, 0.717) is 5.41 Å². The molecule has 4 unspecified atom stereocenters. The van der Waals surface area contributed by atoms with Crippen LogP contribution in [0.25, 0.3) is 12.2 Å². The van der Waals surface area contributed by atoms with E-state index in [9.17, 15) is 0 Å². The second kappa shape index (κ2) is 10.9. The number of hydrogen-bond donors (Lipinski definition) is 0. The van der Waals surface area contributed by atoms with Gasteiger partial charge in [-0.2, -0.15) is 0 Å². The third kappa shape index (κ3) is 4.18. The summed E-state index contributed by atoms with van der Waals surface area (Å²) >= 11 is 0. The van der Waals surface area contributed by atoms with Gasteiger partial charge in [0.05, 0.1) is 8.07 Å². The Kier molecular flexibility index (Phi) is 7.52. The average Bonchev–Trinajstić information content (AvgIpc) is 3.82. The normalized spacial score (nSPS) is 27.0. The third-order valence-electron chi connectivity index (χ3n) is 13.6. The Morgan fingerprint density at radius 2 is 1.33 bits per heavy atom. The van der Waals surface area contributed by atoms with Crippen LogP contribution in [0.5, 0.6) is 0 Å². The summed E-state index contributed by atoms with van der Waals surface area (Å²) in [6, 6.07) is 13.6. The lowest BCUT2D eigenvalue weighted by molar-refractivity contribution is 0.280. The van der Waals surface area contributed by atoms with E-state index in [1.54, 1.807) is 55.7 Å². The maximum absolute atomic E-state index is 2.75. The minimum atomic E-state index is -1.74. The van der Waals surface area contributed by atoms with Crippen LogP contribution < -0.4 is 0 Å². The first-order valence-corrected chi connectivity index (χ1v) is 20.7. The molecule has 1 saturated heterocycles. The largest absolute Gasteiger partial charge is 0.0782 e. The highest BCUT2D eigenvalue weighted by Gasteiger charge is 2.55. The fourth-order valence-electron chi connectivity index (χ4n) is 11.1. The summed E-state index contributed by atoms with van der Waals surface area (Å²) in [6.45, 7) is 14.7. The number of allylic oxidation sites excluding steroid dienone is 2. The van der Waals surface area contributed by atoms with Gasteiger partial charge in [-0.3, -0.25) is 0 Å². The minimum absolute atomic E-state index is 0.494. The maximum atomic E-state index is 2.75. The first kappa shape index (κ1) is 28.9. The van der Waals surface area contributed by atoms with Crippen LogP contribution in [0.15, 0.2) is 35.4 Å². The van der Waals surface area contributed by atoms with Crippen molar-refractivity contribution in [2.75, 3.05) is 0 Å². The molecule has 1 fully saturated rings. The molecule has 7 rings (SSSR count). The van der Waals surface area contributed by atoms with Crippen LogP contribution >= 0.6 is 0 Å². The average molecular weight is 577 g/mol. The van der Waals surface area contributed by atoms with Crippen LogP contribution in [0.1, 0.15) is 148 Å². The molecule has 5 aliphatic rings. The quantitative estimate of drug-likeness (QED) is 0.260. The Bertz CT molecular complexity index is 1430. The van der Waals surface area contributed by atoms with Crippen LogP contribution in [0.4, 0.5) is 0 Å². The van der Waals surface area contributed by atoms with E-state index in [1.807, 2.05) is 0 Å². The second-order valence-electron chi connectivity index (χ2n) is 15.4. The summed E-state index contributed by atoms with van der Waals surface area (Å²) in [5.74, 6) is 1.69. The molecule has 1 heteroatoms. The van der Waals surface area contributed by atoms with Gasteiger partial charge in [0.1, 0.15) is 0 Å². The van der Waals surface area contributed by atoms with Crippen molar-refractivity contribution in [3.63, 3.8) is 0 Å². The molecule has 1 aliphatic heterocycles. The second-order valence-corrected chi connectivity index (χ2v) is 20.0. The van der Waals surface area contributed by atoms with Crippen LogP contribution in [-0.2, 0) is 25.7 Å². The summed E-state index contributed by atoms with van der Waals surface area (Å²) in [5.41, 5.74) is 19.3. The van der Waals surface area contributed by atoms with E-state index in [-0.39, 0.29) is 0 Å². The molecule has 0 nitrogen and oxygen atoms in total. The van der Waals surface area contributed by atoms with Gasteiger partial charge in [0, 0.05) is 11.1 Å². The molecule has 2 aromatic rings. The molecule has 0 amide bonds. The van der Waals surface area contributed by atoms with Gasteiger partial charge in [-0.05, 0) is 113 Å². The molecule has 224 valence electrons. The van der Waals surface area contributed by atoms with Crippen molar-refractivity contribution in [1.82, 2.24) is 0 Å². The molecule has 4 aliphatic carbocycles. The fraction of sp³-hybridized carbons (Fsp3) is 0.610. The smallest absolute Gasteiger partial charge is 0.0654 e. The van der Waals surface area contributed by atoms with Crippen LogP contribution in [0.3, 0.4) is 0 Å². The van der Waals surface area contributed by atoms with Gasteiger partial charge in [-0.25, -0.2) is 0 Å². The maximum Gasteiger partial charge on any atom is 0.0782 e. The zero-order valence-electron chi connectivity index (χ0n) is 27.7. The SMILES string of the molecule is CCCC(C)C1Cc2ccc3c(c2C1)C=C(CC)C3[Si]1(C2C(CC)=Cc3c2ccc2c3CC(CC)(CC)C2)CCCC1. The van der Waals surface area contributed by atoms with Crippen LogP contribution in [0.2, 0.25) is 12.1 Å². The molecule has 0 N–H and O–H groups in total. The highest BCUT2D eigenvalue weighted by atomic mass is 28.3. The predicted molar refractivity (Wildman–Crippen MR) is 185 cm³/mol. The van der Waals surface area contributed by atoms with Gasteiger partial charge in [-0.1, -0.05) is 127 Å². The molecule has 0 radical (unpaired) electrons.